The number of hydrogen-bond donors (Lipinski definition) is 0. The highest BCUT2D eigenvalue weighted by atomic mass is 16.1. The summed E-state index contributed by atoms with van der Waals surface area (Å²) in [6.45, 7) is 2.33. The van der Waals surface area contributed by atoms with Gasteiger partial charge in [-0.1, -0.05) is 19.8 Å². The second kappa shape index (κ2) is 2.86. The summed E-state index contributed by atoms with van der Waals surface area (Å²) in [4.78, 5) is 10.9. The molecule has 2 aliphatic rings. The van der Waals surface area contributed by atoms with Gasteiger partial charge in [-0.25, -0.2) is 0 Å². The SMILES string of the molecule is CC1CCC(C2(C=O)CC2)CC1. The van der Waals surface area contributed by atoms with Crippen LogP contribution >= 0.6 is 0 Å². The second-order valence-electron chi connectivity index (χ2n) is 4.81. The van der Waals surface area contributed by atoms with Crippen molar-refractivity contribution < 1.29 is 4.79 Å². The lowest BCUT2D eigenvalue weighted by molar-refractivity contribution is -0.114. The summed E-state index contributed by atoms with van der Waals surface area (Å²) in [5.74, 6) is 1.65. The monoisotopic (exact) mass is 166 g/mol. The molecule has 1 heteroatoms. The first kappa shape index (κ1) is 8.28. The third-order valence-corrected chi connectivity index (χ3v) is 3.89. The molecule has 0 aliphatic heterocycles. The first-order valence-corrected chi connectivity index (χ1v) is 5.23. The minimum Gasteiger partial charge on any atom is -0.303 e. The molecule has 68 valence electrons. The smallest absolute Gasteiger partial charge is 0.126 e. The van der Waals surface area contributed by atoms with Gasteiger partial charge in [-0.2, -0.15) is 0 Å². The lowest BCUT2D eigenvalue weighted by atomic mass is 9.75. The van der Waals surface area contributed by atoms with E-state index in [1.165, 1.54) is 44.8 Å². The molecule has 0 N–H and O–H groups in total. The molecule has 0 aromatic rings. The average molecular weight is 166 g/mol. The Morgan fingerprint density at radius 2 is 1.75 bits per heavy atom. The van der Waals surface area contributed by atoms with Crippen molar-refractivity contribution in [3.8, 4) is 0 Å². The van der Waals surface area contributed by atoms with Crippen molar-refractivity contribution in [2.24, 2.45) is 17.3 Å². The Kier molecular flexibility index (Phi) is 1.97. The maximum atomic E-state index is 10.9. The molecule has 0 unspecified atom stereocenters. The van der Waals surface area contributed by atoms with E-state index in [4.69, 9.17) is 0 Å². The summed E-state index contributed by atoms with van der Waals surface area (Å²) in [6, 6.07) is 0. The van der Waals surface area contributed by atoms with Gasteiger partial charge < -0.3 is 4.79 Å². The van der Waals surface area contributed by atoms with E-state index >= 15 is 0 Å². The molecule has 0 saturated heterocycles. The quantitative estimate of drug-likeness (QED) is 0.576. The van der Waals surface area contributed by atoms with Crippen LogP contribution in [0.15, 0.2) is 0 Å². The van der Waals surface area contributed by atoms with Crippen LogP contribution in [0.3, 0.4) is 0 Å². The van der Waals surface area contributed by atoms with Crippen LogP contribution in [0.25, 0.3) is 0 Å². The van der Waals surface area contributed by atoms with Crippen molar-refractivity contribution in [2.75, 3.05) is 0 Å². The van der Waals surface area contributed by atoms with Gasteiger partial charge in [-0.05, 0) is 37.5 Å². The van der Waals surface area contributed by atoms with Crippen LogP contribution in [0.4, 0.5) is 0 Å². The fourth-order valence-electron chi connectivity index (χ4n) is 2.60. The highest BCUT2D eigenvalue weighted by Gasteiger charge is 2.49. The van der Waals surface area contributed by atoms with Gasteiger partial charge in [-0.15, -0.1) is 0 Å². The molecule has 0 bridgehead atoms. The lowest BCUT2D eigenvalue weighted by Crippen LogP contribution is -2.22. The minimum atomic E-state index is 0.167. The molecule has 2 saturated carbocycles. The Hall–Kier alpha value is -0.330. The zero-order valence-corrected chi connectivity index (χ0v) is 7.88. The van der Waals surface area contributed by atoms with Crippen molar-refractivity contribution in [2.45, 2.75) is 45.4 Å². The molecule has 0 aromatic heterocycles. The number of hydrogen-bond acceptors (Lipinski definition) is 1. The molecule has 0 amide bonds. The summed E-state index contributed by atoms with van der Waals surface area (Å²) >= 11 is 0. The Morgan fingerprint density at radius 3 is 2.17 bits per heavy atom. The van der Waals surface area contributed by atoms with Crippen molar-refractivity contribution in [1.29, 1.82) is 0 Å². The van der Waals surface area contributed by atoms with Crippen molar-refractivity contribution in [3.63, 3.8) is 0 Å². The van der Waals surface area contributed by atoms with Crippen LogP contribution in [0.5, 0.6) is 0 Å². The molecule has 0 aromatic carbocycles. The van der Waals surface area contributed by atoms with E-state index in [1.807, 2.05) is 0 Å². The third kappa shape index (κ3) is 1.30. The third-order valence-electron chi connectivity index (χ3n) is 3.89. The predicted molar refractivity (Wildman–Crippen MR) is 48.9 cm³/mol. The van der Waals surface area contributed by atoms with E-state index in [-0.39, 0.29) is 5.41 Å². The number of aldehydes is 1. The van der Waals surface area contributed by atoms with Gasteiger partial charge in [-0.3, -0.25) is 0 Å². The van der Waals surface area contributed by atoms with Gasteiger partial charge in [0.1, 0.15) is 6.29 Å². The minimum absolute atomic E-state index is 0.167. The lowest BCUT2D eigenvalue weighted by Gasteiger charge is -2.29. The van der Waals surface area contributed by atoms with Crippen LogP contribution in [0, 0.1) is 17.3 Å². The molecular weight excluding hydrogens is 148 g/mol. The van der Waals surface area contributed by atoms with E-state index in [2.05, 4.69) is 6.92 Å². The zero-order chi connectivity index (χ0) is 8.60. The van der Waals surface area contributed by atoms with Crippen LogP contribution in [0.2, 0.25) is 0 Å². The van der Waals surface area contributed by atoms with Gasteiger partial charge >= 0.3 is 0 Å². The van der Waals surface area contributed by atoms with E-state index in [1.54, 1.807) is 0 Å². The van der Waals surface area contributed by atoms with Crippen molar-refractivity contribution in [1.82, 2.24) is 0 Å². The zero-order valence-electron chi connectivity index (χ0n) is 7.88. The maximum Gasteiger partial charge on any atom is 0.126 e. The van der Waals surface area contributed by atoms with Gasteiger partial charge in [0.25, 0.3) is 0 Å². The normalized spacial score (nSPS) is 39.1. The topological polar surface area (TPSA) is 17.1 Å². The second-order valence-corrected chi connectivity index (χ2v) is 4.81. The van der Waals surface area contributed by atoms with E-state index in [0.29, 0.717) is 0 Å². The van der Waals surface area contributed by atoms with E-state index in [9.17, 15) is 4.79 Å². The Balaban J connectivity index is 1.93. The molecule has 2 rings (SSSR count). The molecule has 12 heavy (non-hydrogen) atoms. The summed E-state index contributed by atoms with van der Waals surface area (Å²) in [6.07, 6.45) is 8.90. The van der Waals surface area contributed by atoms with Crippen molar-refractivity contribution >= 4 is 6.29 Å². The molecule has 2 aliphatic carbocycles. The molecule has 0 radical (unpaired) electrons. The van der Waals surface area contributed by atoms with Crippen molar-refractivity contribution in [3.05, 3.63) is 0 Å². The Morgan fingerprint density at radius 1 is 1.17 bits per heavy atom. The Labute approximate surface area is 74.5 Å². The molecule has 1 nitrogen and oxygen atoms in total. The summed E-state index contributed by atoms with van der Waals surface area (Å²) in [7, 11) is 0. The van der Waals surface area contributed by atoms with Crippen LogP contribution < -0.4 is 0 Å². The standard InChI is InChI=1S/C11H18O/c1-9-2-4-10(5-3-9)11(8-12)6-7-11/h8-10H,2-7H2,1H3. The Bertz CT molecular complexity index is 173. The highest BCUT2D eigenvalue weighted by Crippen LogP contribution is 2.55. The summed E-state index contributed by atoms with van der Waals surface area (Å²) in [5, 5.41) is 0. The molecular formula is C11H18O. The average Bonchev–Trinajstić information content (AvgIpc) is 2.86. The summed E-state index contributed by atoms with van der Waals surface area (Å²) in [5.41, 5.74) is 0.167. The molecule has 0 spiro atoms. The highest BCUT2D eigenvalue weighted by molar-refractivity contribution is 5.64. The van der Waals surface area contributed by atoms with Crippen LogP contribution in [-0.4, -0.2) is 6.29 Å². The molecule has 2 fully saturated rings. The molecule has 0 atom stereocenters. The first-order chi connectivity index (χ1) is 5.77. The van der Waals surface area contributed by atoms with Gasteiger partial charge in [0.2, 0.25) is 0 Å². The van der Waals surface area contributed by atoms with Crippen LogP contribution in [0.1, 0.15) is 45.4 Å². The largest absolute Gasteiger partial charge is 0.303 e. The van der Waals surface area contributed by atoms with Gasteiger partial charge in [0.05, 0.1) is 0 Å². The fraction of sp³-hybridized carbons (Fsp3) is 0.909. The predicted octanol–water partition coefficient (Wildman–Crippen LogP) is 2.79. The fourth-order valence-corrected chi connectivity index (χ4v) is 2.60. The van der Waals surface area contributed by atoms with E-state index in [0.717, 1.165) is 11.8 Å². The number of carbonyl (C=O) groups excluding carboxylic acids is 1. The number of carbonyl (C=O) groups is 1. The van der Waals surface area contributed by atoms with Crippen LogP contribution in [-0.2, 0) is 4.79 Å². The summed E-state index contributed by atoms with van der Waals surface area (Å²) < 4.78 is 0. The maximum absolute atomic E-state index is 10.9. The molecule has 0 heterocycles. The van der Waals surface area contributed by atoms with E-state index < -0.39 is 0 Å². The van der Waals surface area contributed by atoms with Gasteiger partial charge in [0.15, 0.2) is 0 Å². The first-order valence-electron chi connectivity index (χ1n) is 5.23. The number of rotatable bonds is 2. The van der Waals surface area contributed by atoms with Gasteiger partial charge in [0, 0.05) is 5.41 Å².